The van der Waals surface area contributed by atoms with Crippen molar-refractivity contribution in [3.05, 3.63) is 5.89 Å². The SMILES string of the molecule is CC(C)N1CCCC1Cc1nc(N)no1. The summed E-state index contributed by atoms with van der Waals surface area (Å²) in [5, 5.41) is 3.60. The highest BCUT2D eigenvalue weighted by Crippen LogP contribution is 2.22. The van der Waals surface area contributed by atoms with Crippen LogP contribution >= 0.6 is 0 Å². The average molecular weight is 210 g/mol. The molecule has 0 spiro atoms. The third-order valence-electron chi connectivity index (χ3n) is 2.98. The number of nitrogen functional groups attached to an aromatic ring is 1. The molecule has 0 saturated carbocycles. The second-order valence-corrected chi connectivity index (χ2v) is 4.38. The van der Waals surface area contributed by atoms with E-state index in [1.807, 2.05) is 0 Å². The zero-order valence-electron chi connectivity index (χ0n) is 9.31. The van der Waals surface area contributed by atoms with Crippen molar-refractivity contribution in [2.45, 2.75) is 45.2 Å². The highest BCUT2D eigenvalue weighted by Gasteiger charge is 2.28. The first-order valence-corrected chi connectivity index (χ1v) is 5.50. The van der Waals surface area contributed by atoms with Gasteiger partial charge in [-0.1, -0.05) is 0 Å². The minimum absolute atomic E-state index is 0.235. The first-order chi connectivity index (χ1) is 7.16. The Morgan fingerprint density at radius 3 is 3.00 bits per heavy atom. The van der Waals surface area contributed by atoms with Crippen molar-refractivity contribution in [2.75, 3.05) is 12.3 Å². The van der Waals surface area contributed by atoms with Crippen LogP contribution in [0.3, 0.4) is 0 Å². The highest BCUT2D eigenvalue weighted by atomic mass is 16.5. The summed E-state index contributed by atoms with van der Waals surface area (Å²) in [4.78, 5) is 6.53. The standard InChI is InChI=1S/C10H18N4O/c1-7(2)14-5-3-4-8(14)6-9-12-10(11)13-15-9/h7-8H,3-6H2,1-2H3,(H2,11,13). The number of aromatic nitrogens is 2. The van der Waals surface area contributed by atoms with Crippen molar-refractivity contribution in [3.8, 4) is 0 Å². The summed E-state index contributed by atoms with van der Waals surface area (Å²) in [6.07, 6.45) is 3.29. The molecule has 5 nitrogen and oxygen atoms in total. The molecule has 1 unspecified atom stereocenters. The predicted molar refractivity (Wildman–Crippen MR) is 57.3 cm³/mol. The van der Waals surface area contributed by atoms with Gasteiger partial charge in [-0.25, -0.2) is 0 Å². The van der Waals surface area contributed by atoms with Gasteiger partial charge >= 0.3 is 0 Å². The van der Waals surface area contributed by atoms with E-state index in [4.69, 9.17) is 10.3 Å². The Bertz CT molecular complexity index is 323. The fourth-order valence-electron chi connectivity index (χ4n) is 2.31. The van der Waals surface area contributed by atoms with Crippen molar-refractivity contribution < 1.29 is 4.52 Å². The van der Waals surface area contributed by atoms with E-state index in [1.165, 1.54) is 19.4 Å². The van der Waals surface area contributed by atoms with E-state index < -0.39 is 0 Å². The van der Waals surface area contributed by atoms with Gasteiger partial charge in [-0.15, -0.1) is 0 Å². The fraction of sp³-hybridized carbons (Fsp3) is 0.800. The van der Waals surface area contributed by atoms with E-state index >= 15 is 0 Å². The van der Waals surface area contributed by atoms with E-state index in [-0.39, 0.29) is 5.95 Å². The first-order valence-electron chi connectivity index (χ1n) is 5.50. The van der Waals surface area contributed by atoms with Crippen molar-refractivity contribution in [1.29, 1.82) is 0 Å². The van der Waals surface area contributed by atoms with E-state index in [2.05, 4.69) is 28.9 Å². The molecular formula is C10H18N4O. The second-order valence-electron chi connectivity index (χ2n) is 4.38. The number of nitrogens with zero attached hydrogens (tertiary/aromatic N) is 3. The summed E-state index contributed by atoms with van der Waals surface area (Å²) >= 11 is 0. The Hall–Kier alpha value is -1.10. The van der Waals surface area contributed by atoms with Gasteiger partial charge in [0.1, 0.15) is 0 Å². The van der Waals surface area contributed by atoms with Crippen LogP contribution in [-0.4, -0.2) is 33.7 Å². The van der Waals surface area contributed by atoms with Crippen LogP contribution in [0.15, 0.2) is 4.52 Å². The lowest BCUT2D eigenvalue weighted by Crippen LogP contribution is -2.36. The maximum atomic E-state index is 5.42. The molecule has 0 aliphatic carbocycles. The zero-order chi connectivity index (χ0) is 10.8. The molecule has 1 atom stereocenters. The van der Waals surface area contributed by atoms with Crippen molar-refractivity contribution in [1.82, 2.24) is 15.0 Å². The molecule has 1 aliphatic heterocycles. The third-order valence-corrected chi connectivity index (χ3v) is 2.98. The summed E-state index contributed by atoms with van der Waals surface area (Å²) < 4.78 is 5.04. The van der Waals surface area contributed by atoms with Gasteiger partial charge in [0.15, 0.2) is 0 Å². The monoisotopic (exact) mass is 210 g/mol. The van der Waals surface area contributed by atoms with Crippen LogP contribution in [0.1, 0.15) is 32.6 Å². The van der Waals surface area contributed by atoms with Gasteiger partial charge in [-0.05, 0) is 38.4 Å². The van der Waals surface area contributed by atoms with Crippen LogP contribution in [0, 0.1) is 0 Å². The molecule has 0 aromatic carbocycles. The van der Waals surface area contributed by atoms with E-state index in [0.717, 1.165) is 6.42 Å². The van der Waals surface area contributed by atoms with Crippen LogP contribution in [0.2, 0.25) is 0 Å². The molecule has 0 amide bonds. The van der Waals surface area contributed by atoms with Crippen LogP contribution in [0.5, 0.6) is 0 Å². The molecule has 15 heavy (non-hydrogen) atoms. The number of nitrogens with two attached hydrogens (primary N) is 1. The summed E-state index contributed by atoms with van der Waals surface area (Å²) in [5.74, 6) is 0.893. The van der Waals surface area contributed by atoms with Gasteiger partial charge in [0.2, 0.25) is 5.89 Å². The maximum Gasteiger partial charge on any atom is 0.260 e. The van der Waals surface area contributed by atoms with Crippen molar-refractivity contribution >= 4 is 5.95 Å². The molecule has 2 heterocycles. The van der Waals surface area contributed by atoms with Gasteiger partial charge in [0.05, 0.1) is 0 Å². The van der Waals surface area contributed by atoms with E-state index in [1.54, 1.807) is 0 Å². The van der Waals surface area contributed by atoms with Crippen LogP contribution < -0.4 is 5.73 Å². The van der Waals surface area contributed by atoms with E-state index in [0.29, 0.717) is 18.0 Å². The zero-order valence-corrected chi connectivity index (χ0v) is 9.31. The minimum atomic E-state index is 0.235. The van der Waals surface area contributed by atoms with Crippen LogP contribution in [0.25, 0.3) is 0 Å². The molecule has 84 valence electrons. The van der Waals surface area contributed by atoms with Gasteiger partial charge in [0.25, 0.3) is 5.95 Å². The van der Waals surface area contributed by atoms with Crippen LogP contribution in [0.4, 0.5) is 5.95 Å². The second kappa shape index (κ2) is 4.18. The lowest BCUT2D eigenvalue weighted by molar-refractivity contribution is 0.192. The summed E-state index contributed by atoms with van der Waals surface area (Å²) in [6, 6.07) is 1.11. The topological polar surface area (TPSA) is 68.2 Å². The highest BCUT2D eigenvalue weighted by molar-refractivity contribution is 5.11. The summed E-state index contributed by atoms with van der Waals surface area (Å²) in [7, 11) is 0. The molecule has 5 heteroatoms. The Morgan fingerprint density at radius 2 is 2.40 bits per heavy atom. The van der Waals surface area contributed by atoms with Crippen LogP contribution in [-0.2, 0) is 6.42 Å². The fourth-order valence-corrected chi connectivity index (χ4v) is 2.31. The molecule has 1 aromatic heterocycles. The van der Waals surface area contributed by atoms with Crippen molar-refractivity contribution in [2.24, 2.45) is 0 Å². The molecule has 0 bridgehead atoms. The summed E-state index contributed by atoms with van der Waals surface area (Å²) in [6.45, 7) is 5.62. The smallest absolute Gasteiger partial charge is 0.260 e. The Morgan fingerprint density at radius 1 is 1.60 bits per heavy atom. The Balaban J connectivity index is 1.99. The van der Waals surface area contributed by atoms with Gasteiger partial charge in [-0.3, -0.25) is 4.90 Å². The third kappa shape index (κ3) is 2.28. The normalized spacial score (nSPS) is 22.7. The first kappa shape index (κ1) is 10.4. The molecule has 1 aliphatic rings. The maximum absolute atomic E-state index is 5.42. The lowest BCUT2D eigenvalue weighted by Gasteiger charge is -2.27. The predicted octanol–water partition coefficient (Wildman–Crippen LogP) is 1.07. The van der Waals surface area contributed by atoms with Gasteiger partial charge in [0, 0.05) is 18.5 Å². The minimum Gasteiger partial charge on any atom is -0.365 e. The quantitative estimate of drug-likeness (QED) is 0.808. The number of likely N-dealkylation sites (tertiary alicyclic amines) is 1. The number of hydrogen-bond donors (Lipinski definition) is 1. The van der Waals surface area contributed by atoms with Gasteiger partial charge < -0.3 is 10.3 Å². The number of rotatable bonds is 3. The molecule has 0 radical (unpaired) electrons. The molecular weight excluding hydrogens is 192 g/mol. The lowest BCUT2D eigenvalue weighted by atomic mass is 10.1. The molecule has 1 aromatic rings. The molecule has 2 rings (SSSR count). The largest absolute Gasteiger partial charge is 0.365 e. The Kier molecular flexibility index (Phi) is 2.90. The molecule has 2 N–H and O–H groups in total. The number of anilines is 1. The van der Waals surface area contributed by atoms with Gasteiger partial charge in [-0.2, -0.15) is 4.98 Å². The number of hydrogen-bond acceptors (Lipinski definition) is 5. The van der Waals surface area contributed by atoms with E-state index in [9.17, 15) is 0 Å². The molecule has 1 fully saturated rings. The average Bonchev–Trinajstić information content (AvgIpc) is 2.75. The Labute approximate surface area is 89.6 Å². The molecule has 1 saturated heterocycles. The van der Waals surface area contributed by atoms with Crippen molar-refractivity contribution in [3.63, 3.8) is 0 Å². The summed E-state index contributed by atoms with van der Waals surface area (Å²) in [5.41, 5.74) is 5.42.